The number of hydrogen-bond donors (Lipinski definition) is 3. The summed E-state index contributed by atoms with van der Waals surface area (Å²) in [5.74, 6) is 0.715. The second-order valence-electron chi connectivity index (χ2n) is 6.97. The molecule has 0 unspecified atom stereocenters. The third-order valence-corrected chi connectivity index (χ3v) is 4.98. The molecular weight excluding hydrogens is 350 g/mol. The molecule has 0 aliphatic rings. The van der Waals surface area contributed by atoms with Gasteiger partial charge < -0.3 is 20.3 Å². The lowest BCUT2D eigenvalue weighted by atomic mass is 10.1. The SMILES string of the molecule is CC[NH+](CC)CC[NH2+]Cc1ccccc1OCC(=O)NCCc1ccccc1. The second kappa shape index (κ2) is 12.9. The Morgan fingerprint density at radius 1 is 1.04 bits per heavy atom. The Morgan fingerprint density at radius 3 is 2.50 bits per heavy atom. The molecule has 5 heteroatoms. The lowest BCUT2D eigenvalue weighted by Gasteiger charge is -2.14. The van der Waals surface area contributed by atoms with Crippen LogP contribution in [0.1, 0.15) is 25.0 Å². The van der Waals surface area contributed by atoms with Gasteiger partial charge in [-0.15, -0.1) is 0 Å². The number of hydrogen-bond acceptors (Lipinski definition) is 2. The molecule has 0 aliphatic heterocycles. The molecule has 0 aromatic heterocycles. The molecule has 4 N–H and O–H groups in total. The lowest BCUT2D eigenvalue weighted by molar-refractivity contribution is -0.910. The van der Waals surface area contributed by atoms with Crippen LogP contribution in [-0.2, 0) is 17.8 Å². The molecule has 0 bridgehead atoms. The van der Waals surface area contributed by atoms with Crippen LogP contribution >= 0.6 is 0 Å². The number of rotatable bonds is 13. The molecule has 5 nitrogen and oxygen atoms in total. The minimum atomic E-state index is -0.0835. The zero-order chi connectivity index (χ0) is 20.0. The number of amides is 1. The fourth-order valence-corrected chi connectivity index (χ4v) is 3.17. The van der Waals surface area contributed by atoms with Gasteiger partial charge in [0.1, 0.15) is 25.4 Å². The molecule has 2 aromatic carbocycles. The number of para-hydroxylation sites is 1. The molecule has 2 rings (SSSR count). The first-order chi connectivity index (χ1) is 13.7. The van der Waals surface area contributed by atoms with Crippen molar-refractivity contribution >= 4 is 5.91 Å². The van der Waals surface area contributed by atoms with Crippen LogP contribution in [0.3, 0.4) is 0 Å². The quantitative estimate of drug-likeness (QED) is 0.438. The number of nitrogens with two attached hydrogens (primary N) is 1. The van der Waals surface area contributed by atoms with E-state index in [9.17, 15) is 4.79 Å². The van der Waals surface area contributed by atoms with E-state index in [0.717, 1.165) is 30.8 Å². The van der Waals surface area contributed by atoms with Crippen LogP contribution in [-0.4, -0.2) is 45.2 Å². The Kier molecular flexibility index (Phi) is 10.1. The van der Waals surface area contributed by atoms with Gasteiger partial charge in [-0.05, 0) is 38.0 Å². The van der Waals surface area contributed by atoms with Crippen molar-refractivity contribution in [2.24, 2.45) is 0 Å². The number of carbonyl (C=O) groups excluding carboxylic acids is 1. The van der Waals surface area contributed by atoms with Crippen LogP contribution in [0.4, 0.5) is 0 Å². The van der Waals surface area contributed by atoms with Gasteiger partial charge in [0.05, 0.1) is 13.1 Å². The summed E-state index contributed by atoms with van der Waals surface area (Å²) in [6.45, 7) is 10.6. The number of nitrogens with one attached hydrogen (secondary N) is 2. The number of carbonyl (C=O) groups is 1. The van der Waals surface area contributed by atoms with Gasteiger partial charge in [0.15, 0.2) is 6.61 Å². The lowest BCUT2D eigenvalue weighted by Crippen LogP contribution is -3.14. The van der Waals surface area contributed by atoms with Gasteiger partial charge in [-0.25, -0.2) is 0 Å². The van der Waals surface area contributed by atoms with E-state index in [4.69, 9.17) is 4.74 Å². The minimum Gasteiger partial charge on any atom is -0.483 e. The van der Waals surface area contributed by atoms with Crippen molar-refractivity contribution in [1.82, 2.24) is 5.32 Å². The zero-order valence-corrected chi connectivity index (χ0v) is 17.2. The topological polar surface area (TPSA) is 59.4 Å². The van der Waals surface area contributed by atoms with Gasteiger partial charge in [-0.3, -0.25) is 4.79 Å². The average molecular weight is 386 g/mol. The molecule has 0 saturated carbocycles. The monoisotopic (exact) mass is 385 g/mol. The Morgan fingerprint density at radius 2 is 1.75 bits per heavy atom. The maximum Gasteiger partial charge on any atom is 0.257 e. The van der Waals surface area contributed by atoms with Crippen LogP contribution in [0, 0.1) is 0 Å². The van der Waals surface area contributed by atoms with Gasteiger partial charge in [-0.2, -0.15) is 0 Å². The molecule has 0 radical (unpaired) electrons. The van der Waals surface area contributed by atoms with Crippen molar-refractivity contribution in [3.05, 3.63) is 65.7 Å². The highest BCUT2D eigenvalue weighted by molar-refractivity contribution is 5.77. The Balaban J connectivity index is 1.70. The van der Waals surface area contributed by atoms with Gasteiger partial charge in [0.25, 0.3) is 5.91 Å². The molecule has 0 aliphatic carbocycles. The van der Waals surface area contributed by atoms with Crippen LogP contribution in [0.2, 0.25) is 0 Å². The van der Waals surface area contributed by atoms with Crippen molar-refractivity contribution in [3.63, 3.8) is 0 Å². The first-order valence-corrected chi connectivity index (χ1v) is 10.4. The number of likely N-dealkylation sites (N-methyl/N-ethyl adjacent to an activating group) is 1. The van der Waals surface area contributed by atoms with Crippen molar-refractivity contribution in [2.45, 2.75) is 26.8 Å². The molecule has 2 aromatic rings. The average Bonchev–Trinajstić information content (AvgIpc) is 2.74. The maximum atomic E-state index is 12.1. The molecular formula is C23H35N3O2+2. The van der Waals surface area contributed by atoms with Crippen LogP contribution in [0.15, 0.2) is 54.6 Å². The molecule has 28 heavy (non-hydrogen) atoms. The number of quaternary nitrogens is 2. The maximum absolute atomic E-state index is 12.1. The molecule has 0 heterocycles. The van der Waals surface area contributed by atoms with E-state index in [1.165, 1.54) is 25.2 Å². The van der Waals surface area contributed by atoms with Crippen LogP contribution in [0.5, 0.6) is 5.75 Å². The van der Waals surface area contributed by atoms with Crippen molar-refractivity contribution in [3.8, 4) is 5.75 Å². The second-order valence-corrected chi connectivity index (χ2v) is 6.97. The Bertz CT molecular complexity index is 687. The van der Waals surface area contributed by atoms with Gasteiger partial charge in [0.2, 0.25) is 0 Å². The molecule has 152 valence electrons. The first-order valence-electron chi connectivity index (χ1n) is 10.4. The summed E-state index contributed by atoms with van der Waals surface area (Å²) in [6, 6.07) is 18.1. The molecule has 0 fully saturated rings. The summed E-state index contributed by atoms with van der Waals surface area (Å²) in [6.07, 6.45) is 0.826. The Labute approximate surface area is 169 Å². The zero-order valence-electron chi connectivity index (χ0n) is 17.2. The van der Waals surface area contributed by atoms with Crippen molar-refractivity contribution in [1.29, 1.82) is 0 Å². The number of ether oxygens (including phenoxy) is 1. The third-order valence-electron chi connectivity index (χ3n) is 4.98. The van der Waals surface area contributed by atoms with Gasteiger partial charge in [0, 0.05) is 12.1 Å². The summed E-state index contributed by atoms with van der Waals surface area (Å²) >= 11 is 0. The fourth-order valence-electron chi connectivity index (χ4n) is 3.17. The highest BCUT2D eigenvalue weighted by Gasteiger charge is 2.09. The predicted octanol–water partition coefficient (Wildman–Crippen LogP) is 0.412. The van der Waals surface area contributed by atoms with Gasteiger partial charge >= 0.3 is 0 Å². The molecule has 1 amide bonds. The van der Waals surface area contributed by atoms with Gasteiger partial charge in [-0.1, -0.05) is 42.5 Å². The van der Waals surface area contributed by atoms with E-state index in [0.29, 0.717) is 6.54 Å². The highest BCUT2D eigenvalue weighted by Crippen LogP contribution is 2.16. The third kappa shape index (κ3) is 8.11. The Hall–Kier alpha value is -2.37. The summed E-state index contributed by atoms with van der Waals surface area (Å²) in [4.78, 5) is 13.7. The summed E-state index contributed by atoms with van der Waals surface area (Å²) in [5, 5.41) is 5.24. The van der Waals surface area contributed by atoms with E-state index in [2.05, 4.69) is 42.7 Å². The standard InChI is InChI=1S/C23H33N3O2/c1-3-26(4-2)17-16-24-18-21-12-8-9-13-22(21)28-19-23(27)25-15-14-20-10-6-5-7-11-20/h5-13,24H,3-4,14-19H2,1-2H3,(H,25,27)/p+2. The summed E-state index contributed by atoms with van der Waals surface area (Å²) in [5.41, 5.74) is 2.35. The van der Waals surface area contributed by atoms with E-state index in [-0.39, 0.29) is 12.5 Å². The largest absolute Gasteiger partial charge is 0.483 e. The van der Waals surface area contributed by atoms with Crippen LogP contribution < -0.4 is 20.3 Å². The minimum absolute atomic E-state index is 0.0510. The van der Waals surface area contributed by atoms with Crippen molar-refractivity contribution in [2.75, 3.05) is 39.3 Å². The highest BCUT2D eigenvalue weighted by atomic mass is 16.5. The molecule has 0 saturated heterocycles. The van der Waals surface area contributed by atoms with E-state index < -0.39 is 0 Å². The van der Waals surface area contributed by atoms with Crippen molar-refractivity contribution < 1.29 is 19.7 Å². The van der Waals surface area contributed by atoms with Crippen LogP contribution in [0.25, 0.3) is 0 Å². The summed E-state index contributed by atoms with van der Waals surface area (Å²) < 4.78 is 5.78. The predicted molar refractivity (Wildman–Crippen MR) is 113 cm³/mol. The smallest absolute Gasteiger partial charge is 0.257 e. The van der Waals surface area contributed by atoms with E-state index >= 15 is 0 Å². The number of benzene rings is 2. The van der Waals surface area contributed by atoms with E-state index in [1.807, 2.05) is 36.4 Å². The molecule has 0 atom stereocenters. The normalized spacial score (nSPS) is 10.8. The first kappa shape index (κ1) is 21.9. The fraction of sp³-hybridized carbons (Fsp3) is 0.435. The van der Waals surface area contributed by atoms with E-state index in [1.54, 1.807) is 4.90 Å². The summed E-state index contributed by atoms with van der Waals surface area (Å²) in [7, 11) is 0. The molecule has 0 spiro atoms.